The van der Waals surface area contributed by atoms with E-state index in [9.17, 15) is 0 Å². The highest BCUT2D eigenvalue weighted by atomic mass is 14.2. The highest BCUT2D eigenvalue weighted by molar-refractivity contribution is 5.34. The SMILES string of the molecule is c1ccc(C(CCCC(c2ccccc2)c2ccccc2)c2ccccc2)cc1. The Balaban J connectivity index is 1.53. The molecule has 4 aromatic rings. The zero-order chi connectivity index (χ0) is 19.7. The first-order chi connectivity index (χ1) is 14.4. The Morgan fingerprint density at radius 2 is 0.586 bits per heavy atom. The maximum Gasteiger partial charge on any atom is 0.00893 e. The molecule has 29 heavy (non-hydrogen) atoms. The largest absolute Gasteiger partial charge is 0.0622 e. The van der Waals surface area contributed by atoms with E-state index in [4.69, 9.17) is 0 Å². The minimum absolute atomic E-state index is 0.449. The standard InChI is InChI=1S/C29H28/c1-5-14-24(15-6-1)28(25-16-7-2-8-17-25)22-13-23-29(26-18-9-3-10-19-26)27-20-11-4-12-21-27/h1-12,14-21,28-29H,13,22-23H2. The molecule has 0 atom stereocenters. The molecule has 0 saturated heterocycles. The van der Waals surface area contributed by atoms with Crippen LogP contribution in [0.15, 0.2) is 121 Å². The molecule has 0 nitrogen and oxygen atoms in total. The van der Waals surface area contributed by atoms with Gasteiger partial charge >= 0.3 is 0 Å². The highest BCUT2D eigenvalue weighted by Gasteiger charge is 2.17. The third-order valence-electron chi connectivity index (χ3n) is 5.79. The molecule has 0 saturated carbocycles. The van der Waals surface area contributed by atoms with Gasteiger partial charge in [-0.3, -0.25) is 0 Å². The first-order valence-electron chi connectivity index (χ1n) is 10.6. The molecule has 4 aromatic carbocycles. The van der Waals surface area contributed by atoms with E-state index in [1.54, 1.807) is 0 Å². The van der Waals surface area contributed by atoms with Crippen LogP contribution >= 0.6 is 0 Å². The lowest BCUT2D eigenvalue weighted by Gasteiger charge is -2.22. The normalized spacial score (nSPS) is 11.1. The maximum absolute atomic E-state index is 2.27. The molecule has 0 aliphatic heterocycles. The van der Waals surface area contributed by atoms with E-state index in [1.807, 2.05) is 0 Å². The van der Waals surface area contributed by atoms with E-state index in [0.29, 0.717) is 11.8 Å². The Morgan fingerprint density at radius 1 is 0.345 bits per heavy atom. The third kappa shape index (κ3) is 5.03. The number of hydrogen-bond donors (Lipinski definition) is 0. The van der Waals surface area contributed by atoms with Crippen molar-refractivity contribution < 1.29 is 0 Å². The van der Waals surface area contributed by atoms with Crippen molar-refractivity contribution in [2.75, 3.05) is 0 Å². The minimum atomic E-state index is 0.449. The van der Waals surface area contributed by atoms with Gasteiger partial charge in [0.1, 0.15) is 0 Å². The average Bonchev–Trinajstić information content (AvgIpc) is 2.81. The predicted octanol–water partition coefficient (Wildman–Crippen LogP) is 7.82. The quantitative estimate of drug-likeness (QED) is 0.294. The summed E-state index contributed by atoms with van der Waals surface area (Å²) >= 11 is 0. The molecule has 0 fully saturated rings. The molecule has 0 spiro atoms. The van der Waals surface area contributed by atoms with Crippen LogP contribution in [0.1, 0.15) is 53.4 Å². The van der Waals surface area contributed by atoms with Gasteiger partial charge in [-0.2, -0.15) is 0 Å². The lowest BCUT2D eigenvalue weighted by Crippen LogP contribution is -2.05. The Kier molecular flexibility index (Phi) is 6.55. The summed E-state index contributed by atoms with van der Waals surface area (Å²) in [7, 11) is 0. The summed E-state index contributed by atoms with van der Waals surface area (Å²) in [6, 6.07) is 43.8. The maximum atomic E-state index is 2.27. The van der Waals surface area contributed by atoms with Crippen LogP contribution in [0.3, 0.4) is 0 Å². The monoisotopic (exact) mass is 376 g/mol. The predicted molar refractivity (Wildman–Crippen MR) is 123 cm³/mol. The molecule has 0 unspecified atom stereocenters. The van der Waals surface area contributed by atoms with Crippen LogP contribution in [0.2, 0.25) is 0 Å². The van der Waals surface area contributed by atoms with Gasteiger partial charge in [0.05, 0.1) is 0 Å². The molecule has 0 bridgehead atoms. The van der Waals surface area contributed by atoms with Crippen molar-refractivity contribution in [2.45, 2.75) is 31.1 Å². The van der Waals surface area contributed by atoms with E-state index in [0.717, 1.165) is 12.8 Å². The van der Waals surface area contributed by atoms with Gasteiger partial charge in [-0.1, -0.05) is 128 Å². The summed E-state index contributed by atoms with van der Waals surface area (Å²) in [6.45, 7) is 0. The van der Waals surface area contributed by atoms with Crippen molar-refractivity contribution >= 4 is 0 Å². The summed E-state index contributed by atoms with van der Waals surface area (Å²) in [5.74, 6) is 0.897. The van der Waals surface area contributed by atoms with Crippen LogP contribution in [0.25, 0.3) is 0 Å². The van der Waals surface area contributed by atoms with Gasteiger partial charge < -0.3 is 0 Å². The second-order valence-electron chi connectivity index (χ2n) is 7.68. The zero-order valence-corrected chi connectivity index (χ0v) is 16.8. The lowest BCUT2D eigenvalue weighted by atomic mass is 9.83. The molecule has 0 N–H and O–H groups in total. The number of rotatable bonds is 8. The van der Waals surface area contributed by atoms with Crippen LogP contribution in [-0.4, -0.2) is 0 Å². The molecular formula is C29H28. The van der Waals surface area contributed by atoms with Crippen molar-refractivity contribution in [1.82, 2.24) is 0 Å². The van der Waals surface area contributed by atoms with E-state index >= 15 is 0 Å². The van der Waals surface area contributed by atoms with E-state index in [2.05, 4.69) is 121 Å². The van der Waals surface area contributed by atoms with Gasteiger partial charge in [0, 0.05) is 11.8 Å². The summed E-state index contributed by atoms with van der Waals surface area (Å²) < 4.78 is 0. The van der Waals surface area contributed by atoms with Crippen molar-refractivity contribution in [2.24, 2.45) is 0 Å². The second kappa shape index (κ2) is 9.89. The summed E-state index contributed by atoms with van der Waals surface area (Å²) in [5.41, 5.74) is 5.65. The van der Waals surface area contributed by atoms with Crippen molar-refractivity contribution in [1.29, 1.82) is 0 Å². The van der Waals surface area contributed by atoms with Gasteiger partial charge in [0.2, 0.25) is 0 Å². The lowest BCUT2D eigenvalue weighted by molar-refractivity contribution is 0.591. The van der Waals surface area contributed by atoms with Crippen molar-refractivity contribution in [3.8, 4) is 0 Å². The Bertz CT molecular complexity index is 797. The van der Waals surface area contributed by atoms with E-state index in [-0.39, 0.29) is 0 Å². The number of benzene rings is 4. The summed E-state index contributed by atoms with van der Waals surface area (Å²) in [6.07, 6.45) is 3.50. The molecule has 0 radical (unpaired) electrons. The number of hydrogen-bond acceptors (Lipinski definition) is 0. The van der Waals surface area contributed by atoms with E-state index in [1.165, 1.54) is 28.7 Å². The van der Waals surface area contributed by atoms with Crippen LogP contribution in [0.4, 0.5) is 0 Å². The smallest absolute Gasteiger partial charge is 0.00893 e. The van der Waals surface area contributed by atoms with Crippen molar-refractivity contribution in [3.63, 3.8) is 0 Å². The fraction of sp³-hybridized carbons (Fsp3) is 0.172. The first-order valence-corrected chi connectivity index (χ1v) is 10.6. The molecule has 144 valence electrons. The molecule has 0 heterocycles. The molecular weight excluding hydrogens is 348 g/mol. The zero-order valence-electron chi connectivity index (χ0n) is 16.8. The minimum Gasteiger partial charge on any atom is -0.0622 e. The van der Waals surface area contributed by atoms with Gasteiger partial charge in [0.25, 0.3) is 0 Å². The Hall–Kier alpha value is -3.12. The van der Waals surface area contributed by atoms with Crippen molar-refractivity contribution in [3.05, 3.63) is 144 Å². The first kappa shape index (κ1) is 19.2. The van der Waals surface area contributed by atoms with E-state index < -0.39 is 0 Å². The third-order valence-corrected chi connectivity index (χ3v) is 5.79. The topological polar surface area (TPSA) is 0 Å². The molecule has 4 rings (SSSR count). The fourth-order valence-electron chi connectivity index (χ4n) is 4.32. The van der Waals surface area contributed by atoms with Gasteiger partial charge in [-0.25, -0.2) is 0 Å². The van der Waals surface area contributed by atoms with Gasteiger partial charge in [0.15, 0.2) is 0 Å². The summed E-state index contributed by atoms with van der Waals surface area (Å²) in [5, 5.41) is 0. The van der Waals surface area contributed by atoms with Crippen LogP contribution < -0.4 is 0 Å². The molecule has 0 heteroatoms. The molecule has 0 aromatic heterocycles. The fourth-order valence-corrected chi connectivity index (χ4v) is 4.32. The Labute approximate surface area is 174 Å². The molecule has 0 aliphatic rings. The molecule has 0 amide bonds. The van der Waals surface area contributed by atoms with Gasteiger partial charge in [-0.05, 0) is 35.1 Å². The highest BCUT2D eigenvalue weighted by Crippen LogP contribution is 2.34. The second-order valence-corrected chi connectivity index (χ2v) is 7.68. The van der Waals surface area contributed by atoms with Crippen LogP contribution in [-0.2, 0) is 0 Å². The molecule has 0 aliphatic carbocycles. The van der Waals surface area contributed by atoms with Crippen LogP contribution in [0.5, 0.6) is 0 Å². The van der Waals surface area contributed by atoms with Gasteiger partial charge in [-0.15, -0.1) is 0 Å². The Morgan fingerprint density at radius 3 is 0.828 bits per heavy atom. The average molecular weight is 377 g/mol. The van der Waals surface area contributed by atoms with Crippen LogP contribution in [0, 0.1) is 0 Å². The summed E-state index contributed by atoms with van der Waals surface area (Å²) in [4.78, 5) is 0.